The van der Waals surface area contributed by atoms with Crippen LogP contribution in [0.1, 0.15) is 61.5 Å². The van der Waals surface area contributed by atoms with Gasteiger partial charge in [0.1, 0.15) is 0 Å². The number of H-pyrrole nitrogens is 1. The molecule has 6 nitrogen and oxygen atoms in total. The van der Waals surface area contributed by atoms with Crippen molar-refractivity contribution < 1.29 is 9.90 Å². The maximum absolute atomic E-state index is 12.9. The summed E-state index contributed by atoms with van der Waals surface area (Å²) in [7, 11) is 0. The van der Waals surface area contributed by atoms with Crippen molar-refractivity contribution >= 4 is 5.91 Å². The number of nitrogens with zero attached hydrogens (tertiary/aromatic N) is 2. The van der Waals surface area contributed by atoms with Gasteiger partial charge in [-0.2, -0.15) is 0 Å². The molecule has 2 aliphatic rings. The van der Waals surface area contributed by atoms with E-state index in [9.17, 15) is 14.7 Å². The smallest absolute Gasteiger partial charge is 0.255 e. The number of aromatic amines is 1. The molecule has 2 saturated heterocycles. The van der Waals surface area contributed by atoms with E-state index in [1.54, 1.807) is 11.0 Å². The van der Waals surface area contributed by atoms with Crippen molar-refractivity contribution in [2.75, 3.05) is 32.7 Å². The minimum Gasteiger partial charge on any atom is -0.388 e. The molecule has 0 aliphatic carbocycles. The quantitative estimate of drug-likeness (QED) is 0.867. The molecular formula is C19H29N3O3. The third kappa shape index (κ3) is 4.12. The molecule has 0 aromatic carbocycles. The molecule has 6 heteroatoms. The van der Waals surface area contributed by atoms with Crippen LogP contribution in [0.5, 0.6) is 0 Å². The van der Waals surface area contributed by atoms with E-state index >= 15 is 0 Å². The topological polar surface area (TPSA) is 76.6 Å². The summed E-state index contributed by atoms with van der Waals surface area (Å²) in [6.07, 6.45) is 3.64. The highest BCUT2D eigenvalue weighted by Gasteiger charge is 2.36. The van der Waals surface area contributed by atoms with Gasteiger partial charge in [0, 0.05) is 31.4 Å². The number of hydrogen-bond donors (Lipinski definition) is 2. The standard InChI is InChI=1S/C19H29N3O3/c1-14(2)17-15(5-6-16(23)20-17)18(24)22-11-7-19(25,8-12-22)13-21-9-3-4-10-21/h5-6,14,25H,3-4,7-13H2,1-2H3,(H,20,23). The Kier molecular flexibility index (Phi) is 5.29. The largest absolute Gasteiger partial charge is 0.388 e. The predicted octanol–water partition coefficient (Wildman–Crippen LogP) is 1.56. The third-order valence-electron chi connectivity index (χ3n) is 5.46. The molecule has 0 bridgehead atoms. The van der Waals surface area contributed by atoms with Crippen LogP contribution in [-0.2, 0) is 0 Å². The molecule has 0 saturated carbocycles. The fourth-order valence-electron chi connectivity index (χ4n) is 3.94. The molecule has 2 fully saturated rings. The van der Waals surface area contributed by atoms with Gasteiger partial charge in [-0.15, -0.1) is 0 Å². The Morgan fingerprint density at radius 3 is 2.44 bits per heavy atom. The Labute approximate surface area is 148 Å². The maximum Gasteiger partial charge on any atom is 0.255 e. The second-order valence-electron chi connectivity index (χ2n) is 7.80. The number of piperidine rings is 1. The van der Waals surface area contributed by atoms with Crippen LogP contribution in [0.3, 0.4) is 0 Å². The van der Waals surface area contributed by atoms with Crippen molar-refractivity contribution in [3.8, 4) is 0 Å². The van der Waals surface area contributed by atoms with Crippen molar-refractivity contribution in [2.45, 2.75) is 51.0 Å². The van der Waals surface area contributed by atoms with Gasteiger partial charge in [0.05, 0.1) is 11.2 Å². The average molecular weight is 347 g/mol. The summed E-state index contributed by atoms with van der Waals surface area (Å²) in [6, 6.07) is 3.04. The van der Waals surface area contributed by atoms with E-state index in [2.05, 4.69) is 9.88 Å². The number of aliphatic hydroxyl groups is 1. The number of hydrogen-bond acceptors (Lipinski definition) is 4. The van der Waals surface area contributed by atoms with Gasteiger partial charge in [0.25, 0.3) is 5.91 Å². The van der Waals surface area contributed by atoms with E-state index in [1.165, 1.54) is 18.9 Å². The summed E-state index contributed by atoms with van der Waals surface area (Å²) in [5, 5.41) is 10.9. The number of rotatable bonds is 4. The van der Waals surface area contributed by atoms with E-state index in [4.69, 9.17) is 0 Å². The Morgan fingerprint density at radius 2 is 1.84 bits per heavy atom. The summed E-state index contributed by atoms with van der Waals surface area (Å²) < 4.78 is 0. The molecule has 1 aromatic rings. The number of pyridine rings is 1. The highest BCUT2D eigenvalue weighted by Crippen LogP contribution is 2.27. The highest BCUT2D eigenvalue weighted by molar-refractivity contribution is 5.95. The Morgan fingerprint density at radius 1 is 1.20 bits per heavy atom. The minimum absolute atomic E-state index is 0.0526. The van der Waals surface area contributed by atoms with Gasteiger partial charge in [0.15, 0.2) is 0 Å². The van der Waals surface area contributed by atoms with Crippen molar-refractivity contribution in [3.05, 3.63) is 33.7 Å². The molecule has 3 rings (SSSR count). The lowest BCUT2D eigenvalue weighted by Gasteiger charge is -2.40. The van der Waals surface area contributed by atoms with Crippen molar-refractivity contribution in [3.63, 3.8) is 0 Å². The number of nitrogens with one attached hydrogen (secondary N) is 1. The van der Waals surface area contributed by atoms with Crippen LogP contribution < -0.4 is 5.56 Å². The zero-order valence-electron chi connectivity index (χ0n) is 15.3. The Bertz CT molecular complexity index is 669. The fraction of sp³-hybridized carbons (Fsp3) is 0.684. The molecule has 1 amide bonds. The van der Waals surface area contributed by atoms with Gasteiger partial charge >= 0.3 is 0 Å². The summed E-state index contributed by atoms with van der Waals surface area (Å²) in [4.78, 5) is 31.4. The number of carbonyl (C=O) groups is 1. The molecule has 0 unspecified atom stereocenters. The van der Waals surface area contributed by atoms with E-state index < -0.39 is 5.60 Å². The second kappa shape index (κ2) is 7.30. The molecule has 25 heavy (non-hydrogen) atoms. The molecular weight excluding hydrogens is 318 g/mol. The normalized spacial score (nSPS) is 21.0. The number of β-amino-alcohol motifs (C(OH)–C–C–N with tert-alkyl or cyclic N) is 1. The lowest BCUT2D eigenvalue weighted by atomic mass is 9.90. The van der Waals surface area contributed by atoms with E-state index in [0.717, 1.165) is 13.1 Å². The van der Waals surface area contributed by atoms with Gasteiger partial charge in [-0.3, -0.25) is 9.59 Å². The van der Waals surface area contributed by atoms with E-state index in [-0.39, 0.29) is 17.4 Å². The summed E-state index contributed by atoms with van der Waals surface area (Å²) in [6.45, 7) is 7.89. The zero-order chi connectivity index (χ0) is 18.0. The Balaban J connectivity index is 1.66. The second-order valence-corrected chi connectivity index (χ2v) is 7.80. The van der Waals surface area contributed by atoms with Crippen LogP contribution >= 0.6 is 0 Å². The minimum atomic E-state index is -0.688. The van der Waals surface area contributed by atoms with Crippen LogP contribution in [0.2, 0.25) is 0 Å². The van der Waals surface area contributed by atoms with Gasteiger partial charge in [-0.1, -0.05) is 13.8 Å². The molecule has 1 aromatic heterocycles. The van der Waals surface area contributed by atoms with Gasteiger partial charge < -0.3 is 19.9 Å². The first-order valence-electron chi connectivity index (χ1n) is 9.35. The van der Waals surface area contributed by atoms with Crippen LogP contribution in [0.15, 0.2) is 16.9 Å². The molecule has 138 valence electrons. The van der Waals surface area contributed by atoms with Crippen molar-refractivity contribution in [2.24, 2.45) is 0 Å². The first kappa shape index (κ1) is 18.1. The number of carbonyl (C=O) groups excluding carboxylic acids is 1. The highest BCUT2D eigenvalue weighted by atomic mass is 16.3. The number of aromatic nitrogens is 1. The lowest BCUT2D eigenvalue weighted by molar-refractivity contribution is -0.0367. The molecule has 0 radical (unpaired) electrons. The lowest BCUT2D eigenvalue weighted by Crippen LogP contribution is -2.51. The average Bonchev–Trinajstić information content (AvgIpc) is 3.07. The first-order valence-corrected chi connectivity index (χ1v) is 9.35. The van der Waals surface area contributed by atoms with Crippen molar-refractivity contribution in [1.29, 1.82) is 0 Å². The van der Waals surface area contributed by atoms with E-state index in [1.807, 2.05) is 13.8 Å². The zero-order valence-corrected chi connectivity index (χ0v) is 15.3. The summed E-state index contributed by atoms with van der Waals surface area (Å²) in [5.41, 5.74) is 0.390. The van der Waals surface area contributed by atoms with Gasteiger partial charge in [-0.25, -0.2) is 0 Å². The Hall–Kier alpha value is -1.66. The summed E-state index contributed by atoms with van der Waals surface area (Å²) >= 11 is 0. The van der Waals surface area contributed by atoms with Crippen LogP contribution in [-0.4, -0.2) is 64.1 Å². The van der Waals surface area contributed by atoms with Crippen LogP contribution in [0.4, 0.5) is 0 Å². The summed E-state index contributed by atoms with van der Waals surface area (Å²) in [5.74, 6) is 0.0212. The maximum atomic E-state index is 12.9. The molecule has 0 spiro atoms. The van der Waals surface area contributed by atoms with Crippen LogP contribution in [0, 0.1) is 0 Å². The van der Waals surface area contributed by atoms with Crippen molar-refractivity contribution in [1.82, 2.24) is 14.8 Å². The predicted molar refractivity (Wildman–Crippen MR) is 96.9 cm³/mol. The third-order valence-corrected chi connectivity index (χ3v) is 5.46. The molecule has 2 aliphatic heterocycles. The first-order chi connectivity index (χ1) is 11.9. The van der Waals surface area contributed by atoms with E-state index in [0.29, 0.717) is 43.7 Å². The number of amides is 1. The fourth-order valence-corrected chi connectivity index (χ4v) is 3.94. The molecule has 0 atom stereocenters. The SMILES string of the molecule is CC(C)c1[nH]c(=O)ccc1C(=O)N1CCC(O)(CN2CCCC2)CC1. The molecule has 2 N–H and O–H groups in total. The molecule has 3 heterocycles. The number of likely N-dealkylation sites (tertiary alicyclic amines) is 2. The van der Waals surface area contributed by atoms with Gasteiger partial charge in [-0.05, 0) is 50.8 Å². The monoisotopic (exact) mass is 347 g/mol. The van der Waals surface area contributed by atoms with Crippen LogP contribution in [0.25, 0.3) is 0 Å². The van der Waals surface area contributed by atoms with Gasteiger partial charge in [0.2, 0.25) is 5.56 Å².